The Kier molecular flexibility index (Phi) is 3.36. The van der Waals surface area contributed by atoms with E-state index >= 15 is 0 Å². The molecule has 0 unspecified atom stereocenters. The van der Waals surface area contributed by atoms with Crippen molar-refractivity contribution < 1.29 is 18.8 Å². The van der Waals surface area contributed by atoms with E-state index in [1.54, 1.807) is 12.1 Å². The molecule has 0 amide bonds. The van der Waals surface area contributed by atoms with Gasteiger partial charge in [0, 0.05) is 12.8 Å². The molecule has 2 rings (SSSR count). The van der Waals surface area contributed by atoms with E-state index in [9.17, 15) is 18.8 Å². The molecule has 0 atom stereocenters. The van der Waals surface area contributed by atoms with Crippen LogP contribution in [0, 0.1) is 11.7 Å². The maximum atomic E-state index is 12.8. The molecule has 0 aliphatic heterocycles. The summed E-state index contributed by atoms with van der Waals surface area (Å²) in [5.41, 5.74) is 0.764. The Morgan fingerprint density at radius 2 is 1.61 bits per heavy atom. The molecule has 1 fully saturated rings. The summed E-state index contributed by atoms with van der Waals surface area (Å²) in [5.74, 6) is -2.71. The molecular formula is C14H13FO3. The van der Waals surface area contributed by atoms with Gasteiger partial charge in [0.15, 0.2) is 11.6 Å². The summed E-state index contributed by atoms with van der Waals surface area (Å²) in [6.45, 7) is 1.26. The van der Waals surface area contributed by atoms with E-state index in [1.165, 1.54) is 19.1 Å². The third-order valence-electron chi connectivity index (χ3n) is 3.29. The van der Waals surface area contributed by atoms with Crippen molar-refractivity contribution in [2.24, 2.45) is 5.92 Å². The Morgan fingerprint density at radius 3 is 2.06 bits per heavy atom. The van der Waals surface area contributed by atoms with Crippen LogP contribution in [0.4, 0.5) is 4.39 Å². The third-order valence-corrected chi connectivity index (χ3v) is 3.29. The fraction of sp³-hybridized carbons (Fsp3) is 0.357. The lowest BCUT2D eigenvalue weighted by molar-refractivity contribution is -0.141. The number of Topliss-reactive ketones (excluding diaryl/α,β-unsaturated/α-hetero) is 3. The van der Waals surface area contributed by atoms with Crippen molar-refractivity contribution in [3.05, 3.63) is 35.6 Å². The van der Waals surface area contributed by atoms with Gasteiger partial charge < -0.3 is 0 Å². The number of benzene rings is 1. The zero-order valence-corrected chi connectivity index (χ0v) is 9.98. The van der Waals surface area contributed by atoms with Gasteiger partial charge in [0.05, 0.1) is 0 Å². The highest BCUT2D eigenvalue weighted by molar-refractivity contribution is 6.20. The number of ketones is 3. The van der Waals surface area contributed by atoms with Crippen LogP contribution < -0.4 is 0 Å². The highest BCUT2D eigenvalue weighted by atomic mass is 19.1. The highest BCUT2D eigenvalue weighted by Crippen LogP contribution is 2.32. The van der Waals surface area contributed by atoms with E-state index in [0.29, 0.717) is 0 Å². The molecule has 4 heteroatoms. The van der Waals surface area contributed by atoms with E-state index in [0.717, 1.165) is 5.56 Å². The van der Waals surface area contributed by atoms with Gasteiger partial charge in [-0.05, 0) is 30.5 Å². The van der Waals surface area contributed by atoms with Crippen molar-refractivity contribution in [2.45, 2.75) is 25.7 Å². The second-order valence-electron chi connectivity index (χ2n) is 4.63. The van der Waals surface area contributed by atoms with Gasteiger partial charge in [0.25, 0.3) is 0 Å². The molecule has 0 aromatic heterocycles. The summed E-state index contributed by atoms with van der Waals surface area (Å²) in [5, 5.41) is 0. The number of carbonyl (C=O) groups is 3. The summed E-state index contributed by atoms with van der Waals surface area (Å²) >= 11 is 0. The van der Waals surface area contributed by atoms with Gasteiger partial charge in [0.1, 0.15) is 17.5 Å². The van der Waals surface area contributed by atoms with Gasteiger partial charge in [-0.2, -0.15) is 0 Å². The SMILES string of the molecule is CC(=O)C1C(=O)CC(c2ccc(F)cc2)CC1=O. The molecule has 0 bridgehead atoms. The monoisotopic (exact) mass is 248 g/mol. The van der Waals surface area contributed by atoms with E-state index in [1.807, 2.05) is 0 Å². The van der Waals surface area contributed by atoms with Crippen molar-refractivity contribution in [3.8, 4) is 0 Å². The smallest absolute Gasteiger partial charge is 0.151 e. The third kappa shape index (κ3) is 2.37. The van der Waals surface area contributed by atoms with Crippen LogP contribution in [0.5, 0.6) is 0 Å². The number of halogens is 1. The average molecular weight is 248 g/mol. The molecular weight excluding hydrogens is 235 g/mol. The molecule has 94 valence electrons. The summed E-state index contributed by atoms with van der Waals surface area (Å²) in [6.07, 6.45) is 0.337. The Morgan fingerprint density at radius 1 is 1.11 bits per heavy atom. The average Bonchev–Trinajstić information content (AvgIpc) is 2.28. The molecule has 3 nitrogen and oxygen atoms in total. The van der Waals surface area contributed by atoms with Crippen LogP contribution in [0.25, 0.3) is 0 Å². The van der Waals surface area contributed by atoms with Crippen LogP contribution >= 0.6 is 0 Å². The lowest BCUT2D eigenvalue weighted by Gasteiger charge is -2.25. The first-order valence-electron chi connectivity index (χ1n) is 5.80. The van der Waals surface area contributed by atoms with Crippen molar-refractivity contribution in [1.82, 2.24) is 0 Å². The maximum absolute atomic E-state index is 12.8. The second-order valence-corrected chi connectivity index (χ2v) is 4.63. The Labute approximate surface area is 104 Å². The molecule has 0 saturated heterocycles. The number of rotatable bonds is 2. The summed E-state index contributed by atoms with van der Waals surface area (Å²) in [4.78, 5) is 34.8. The molecule has 0 N–H and O–H groups in total. The number of hydrogen-bond acceptors (Lipinski definition) is 3. The minimum absolute atomic E-state index is 0.168. The zero-order chi connectivity index (χ0) is 13.3. The predicted octanol–water partition coefficient (Wildman–Crippen LogP) is 2.05. The number of hydrogen-bond donors (Lipinski definition) is 0. The van der Waals surface area contributed by atoms with Gasteiger partial charge in [-0.1, -0.05) is 12.1 Å². The largest absolute Gasteiger partial charge is 0.299 e. The summed E-state index contributed by atoms with van der Waals surface area (Å²) < 4.78 is 12.8. The quantitative estimate of drug-likeness (QED) is 0.752. The number of carbonyl (C=O) groups excluding carboxylic acids is 3. The molecule has 1 aliphatic carbocycles. The standard InChI is InChI=1S/C14H13FO3/c1-8(16)14-12(17)6-10(7-13(14)18)9-2-4-11(15)5-3-9/h2-5,10,14H,6-7H2,1H3. The normalized spacial score (nSPS) is 24.1. The Hall–Kier alpha value is -1.84. The van der Waals surface area contributed by atoms with Crippen LogP contribution in [0.1, 0.15) is 31.2 Å². The highest BCUT2D eigenvalue weighted by Gasteiger charge is 2.38. The van der Waals surface area contributed by atoms with Crippen molar-refractivity contribution in [3.63, 3.8) is 0 Å². The maximum Gasteiger partial charge on any atom is 0.151 e. The van der Waals surface area contributed by atoms with E-state index in [-0.39, 0.29) is 41.9 Å². The fourth-order valence-corrected chi connectivity index (χ4v) is 2.40. The van der Waals surface area contributed by atoms with E-state index in [2.05, 4.69) is 0 Å². The lowest BCUT2D eigenvalue weighted by atomic mass is 9.75. The van der Waals surface area contributed by atoms with Crippen LogP contribution in [0.15, 0.2) is 24.3 Å². The molecule has 1 saturated carbocycles. The van der Waals surface area contributed by atoms with Crippen LogP contribution in [0.3, 0.4) is 0 Å². The second kappa shape index (κ2) is 4.80. The van der Waals surface area contributed by atoms with E-state index < -0.39 is 5.92 Å². The predicted molar refractivity (Wildman–Crippen MR) is 62.6 cm³/mol. The minimum Gasteiger partial charge on any atom is -0.299 e. The van der Waals surface area contributed by atoms with Crippen molar-refractivity contribution >= 4 is 17.3 Å². The van der Waals surface area contributed by atoms with Gasteiger partial charge >= 0.3 is 0 Å². The van der Waals surface area contributed by atoms with Gasteiger partial charge in [-0.3, -0.25) is 14.4 Å². The molecule has 18 heavy (non-hydrogen) atoms. The zero-order valence-electron chi connectivity index (χ0n) is 9.98. The van der Waals surface area contributed by atoms with Crippen LogP contribution in [-0.2, 0) is 14.4 Å². The van der Waals surface area contributed by atoms with Crippen LogP contribution in [-0.4, -0.2) is 17.3 Å². The minimum atomic E-state index is -1.08. The first-order valence-corrected chi connectivity index (χ1v) is 5.80. The molecule has 1 aromatic carbocycles. The Balaban J connectivity index is 2.20. The molecule has 1 aromatic rings. The van der Waals surface area contributed by atoms with Crippen molar-refractivity contribution in [1.29, 1.82) is 0 Å². The van der Waals surface area contributed by atoms with Crippen LogP contribution in [0.2, 0.25) is 0 Å². The first kappa shape index (κ1) is 12.6. The van der Waals surface area contributed by atoms with E-state index in [4.69, 9.17) is 0 Å². The van der Waals surface area contributed by atoms with Gasteiger partial charge in [-0.15, -0.1) is 0 Å². The van der Waals surface area contributed by atoms with Crippen molar-refractivity contribution in [2.75, 3.05) is 0 Å². The molecule has 0 heterocycles. The summed E-state index contributed by atoms with van der Waals surface area (Å²) in [7, 11) is 0. The van der Waals surface area contributed by atoms with Gasteiger partial charge in [-0.25, -0.2) is 4.39 Å². The lowest BCUT2D eigenvalue weighted by Crippen LogP contribution is -2.36. The molecule has 1 aliphatic rings. The Bertz CT molecular complexity index is 486. The topological polar surface area (TPSA) is 51.2 Å². The van der Waals surface area contributed by atoms with Gasteiger partial charge in [0.2, 0.25) is 0 Å². The fourth-order valence-electron chi connectivity index (χ4n) is 2.40. The first-order chi connectivity index (χ1) is 8.49. The summed E-state index contributed by atoms with van der Waals surface area (Å²) in [6, 6.07) is 5.77. The molecule has 0 radical (unpaired) electrons. The molecule has 0 spiro atoms.